The number of nitrogens with zero attached hydrogens (tertiary/aromatic N) is 1. The molecule has 1 fully saturated rings. The maximum absolute atomic E-state index is 11.9. The second-order valence-corrected chi connectivity index (χ2v) is 6.39. The van der Waals surface area contributed by atoms with Crippen molar-refractivity contribution in [1.82, 2.24) is 15.5 Å². The van der Waals surface area contributed by atoms with Gasteiger partial charge in [0.1, 0.15) is 0 Å². The number of hydrogen-bond acceptors (Lipinski definition) is 3. The standard InChI is InChI=1S/C17H27N3O2/c1-20(2)12-14-5-3-4-13(10-14)11-18-17(22)19-15-6-8-16(21)9-7-15/h3-5,10,15-16,21H,6-9,11-12H2,1-2H3,(H2,18,19,22). The van der Waals surface area contributed by atoms with Gasteiger partial charge < -0.3 is 20.6 Å². The van der Waals surface area contributed by atoms with Crippen molar-refractivity contribution in [3.8, 4) is 0 Å². The first-order valence-corrected chi connectivity index (χ1v) is 7.98. The average molecular weight is 305 g/mol. The van der Waals surface area contributed by atoms with Gasteiger partial charge in [0.2, 0.25) is 0 Å². The van der Waals surface area contributed by atoms with Crippen molar-refractivity contribution < 1.29 is 9.90 Å². The maximum Gasteiger partial charge on any atom is 0.315 e. The van der Waals surface area contributed by atoms with E-state index in [4.69, 9.17) is 0 Å². The Balaban J connectivity index is 1.76. The Morgan fingerprint density at radius 3 is 2.59 bits per heavy atom. The molecule has 0 saturated heterocycles. The summed E-state index contributed by atoms with van der Waals surface area (Å²) in [5.74, 6) is 0. The van der Waals surface area contributed by atoms with Crippen LogP contribution in [0.5, 0.6) is 0 Å². The number of nitrogens with one attached hydrogen (secondary N) is 2. The van der Waals surface area contributed by atoms with Crippen molar-refractivity contribution in [2.24, 2.45) is 0 Å². The molecule has 22 heavy (non-hydrogen) atoms. The van der Waals surface area contributed by atoms with Gasteiger partial charge in [-0.1, -0.05) is 24.3 Å². The number of aliphatic hydroxyl groups excluding tert-OH is 1. The molecule has 0 aromatic heterocycles. The largest absolute Gasteiger partial charge is 0.393 e. The summed E-state index contributed by atoms with van der Waals surface area (Å²) in [5, 5.41) is 15.4. The third-order valence-electron chi connectivity index (χ3n) is 3.98. The summed E-state index contributed by atoms with van der Waals surface area (Å²) in [6.45, 7) is 1.42. The first-order chi connectivity index (χ1) is 10.5. The van der Waals surface area contributed by atoms with Crippen LogP contribution in [0.3, 0.4) is 0 Å². The van der Waals surface area contributed by atoms with E-state index >= 15 is 0 Å². The van der Waals surface area contributed by atoms with Crippen LogP contribution >= 0.6 is 0 Å². The highest BCUT2D eigenvalue weighted by Crippen LogP contribution is 2.18. The summed E-state index contributed by atoms with van der Waals surface area (Å²) in [6, 6.07) is 8.32. The van der Waals surface area contributed by atoms with Crippen LogP contribution < -0.4 is 10.6 Å². The predicted molar refractivity (Wildman–Crippen MR) is 87.5 cm³/mol. The van der Waals surface area contributed by atoms with Gasteiger partial charge in [0.05, 0.1) is 6.10 Å². The third kappa shape index (κ3) is 5.66. The Bertz CT molecular complexity index is 483. The van der Waals surface area contributed by atoms with Crippen LogP contribution in [0, 0.1) is 0 Å². The van der Waals surface area contributed by atoms with Gasteiger partial charge in [0.25, 0.3) is 0 Å². The minimum Gasteiger partial charge on any atom is -0.393 e. The van der Waals surface area contributed by atoms with Gasteiger partial charge in [-0.05, 0) is 50.9 Å². The SMILES string of the molecule is CN(C)Cc1cccc(CNC(=O)NC2CCC(O)CC2)c1. The highest BCUT2D eigenvalue weighted by Gasteiger charge is 2.20. The van der Waals surface area contributed by atoms with E-state index in [9.17, 15) is 9.90 Å². The Labute approximate surface area is 132 Å². The number of benzene rings is 1. The first kappa shape index (κ1) is 16.8. The van der Waals surface area contributed by atoms with Gasteiger partial charge in [-0.3, -0.25) is 0 Å². The summed E-state index contributed by atoms with van der Waals surface area (Å²) >= 11 is 0. The van der Waals surface area contributed by atoms with E-state index in [0.717, 1.165) is 37.8 Å². The summed E-state index contributed by atoms with van der Waals surface area (Å²) in [4.78, 5) is 14.1. The summed E-state index contributed by atoms with van der Waals surface area (Å²) in [7, 11) is 4.08. The molecule has 1 saturated carbocycles. The van der Waals surface area contributed by atoms with Gasteiger partial charge in [-0.15, -0.1) is 0 Å². The molecule has 1 aromatic carbocycles. The van der Waals surface area contributed by atoms with Crippen LogP contribution in [0.1, 0.15) is 36.8 Å². The molecule has 1 aromatic rings. The monoisotopic (exact) mass is 305 g/mol. The normalized spacial score (nSPS) is 21.6. The molecule has 1 aliphatic rings. The van der Waals surface area contributed by atoms with Crippen molar-refractivity contribution in [2.45, 2.75) is 50.9 Å². The van der Waals surface area contributed by atoms with Crippen LogP contribution in [0.25, 0.3) is 0 Å². The average Bonchev–Trinajstić information content (AvgIpc) is 2.47. The quantitative estimate of drug-likeness (QED) is 0.778. The highest BCUT2D eigenvalue weighted by atomic mass is 16.3. The van der Waals surface area contributed by atoms with Crippen molar-refractivity contribution in [3.63, 3.8) is 0 Å². The third-order valence-corrected chi connectivity index (χ3v) is 3.98. The van der Waals surface area contributed by atoms with Crippen molar-refractivity contribution in [1.29, 1.82) is 0 Å². The van der Waals surface area contributed by atoms with E-state index in [-0.39, 0.29) is 18.2 Å². The molecule has 0 radical (unpaired) electrons. The zero-order chi connectivity index (χ0) is 15.9. The number of carbonyl (C=O) groups is 1. The second-order valence-electron chi connectivity index (χ2n) is 6.39. The first-order valence-electron chi connectivity index (χ1n) is 7.98. The van der Waals surface area contributed by atoms with Crippen LogP contribution in [0.4, 0.5) is 4.79 Å². The molecule has 5 nitrogen and oxygen atoms in total. The lowest BCUT2D eigenvalue weighted by molar-refractivity contribution is 0.117. The summed E-state index contributed by atoms with van der Waals surface area (Å²) in [5.41, 5.74) is 2.35. The highest BCUT2D eigenvalue weighted by molar-refractivity contribution is 5.74. The minimum atomic E-state index is -0.194. The molecule has 0 heterocycles. The molecular formula is C17H27N3O2. The smallest absolute Gasteiger partial charge is 0.315 e. The molecular weight excluding hydrogens is 278 g/mol. The molecule has 0 bridgehead atoms. The Hall–Kier alpha value is -1.59. The summed E-state index contributed by atoms with van der Waals surface area (Å²) in [6.07, 6.45) is 3.06. The van der Waals surface area contributed by atoms with E-state index in [2.05, 4.69) is 27.7 Å². The van der Waals surface area contributed by atoms with Gasteiger partial charge in [0.15, 0.2) is 0 Å². The Morgan fingerprint density at radius 2 is 1.91 bits per heavy atom. The van der Waals surface area contributed by atoms with Crippen LogP contribution in [0.2, 0.25) is 0 Å². The van der Waals surface area contributed by atoms with Crippen molar-refractivity contribution in [3.05, 3.63) is 35.4 Å². The molecule has 0 spiro atoms. The summed E-state index contributed by atoms with van der Waals surface area (Å²) < 4.78 is 0. The predicted octanol–water partition coefficient (Wildman–Crippen LogP) is 1.85. The van der Waals surface area contributed by atoms with E-state index in [1.165, 1.54) is 5.56 Å². The van der Waals surface area contributed by atoms with E-state index in [0.29, 0.717) is 6.54 Å². The Morgan fingerprint density at radius 1 is 1.23 bits per heavy atom. The molecule has 2 amide bonds. The van der Waals surface area contributed by atoms with Crippen LogP contribution in [-0.4, -0.2) is 42.3 Å². The van der Waals surface area contributed by atoms with Gasteiger partial charge in [-0.2, -0.15) is 0 Å². The second kappa shape index (κ2) is 8.15. The lowest BCUT2D eigenvalue weighted by atomic mass is 9.93. The van der Waals surface area contributed by atoms with Crippen molar-refractivity contribution in [2.75, 3.05) is 14.1 Å². The van der Waals surface area contributed by atoms with Gasteiger partial charge in [-0.25, -0.2) is 4.79 Å². The number of hydrogen-bond donors (Lipinski definition) is 3. The fraction of sp³-hybridized carbons (Fsp3) is 0.588. The zero-order valence-electron chi connectivity index (χ0n) is 13.5. The van der Waals surface area contributed by atoms with Gasteiger partial charge >= 0.3 is 6.03 Å². The van der Waals surface area contributed by atoms with Crippen LogP contribution in [0.15, 0.2) is 24.3 Å². The fourth-order valence-corrected chi connectivity index (χ4v) is 2.84. The zero-order valence-corrected chi connectivity index (χ0v) is 13.5. The molecule has 2 rings (SSSR count). The topological polar surface area (TPSA) is 64.6 Å². The molecule has 0 atom stereocenters. The number of amides is 2. The number of carbonyl (C=O) groups excluding carboxylic acids is 1. The van der Waals surface area contributed by atoms with E-state index < -0.39 is 0 Å². The van der Waals surface area contributed by atoms with Crippen LogP contribution in [-0.2, 0) is 13.1 Å². The van der Waals surface area contributed by atoms with Crippen molar-refractivity contribution >= 4 is 6.03 Å². The lowest BCUT2D eigenvalue weighted by Crippen LogP contribution is -2.43. The molecule has 3 N–H and O–H groups in total. The number of aliphatic hydroxyl groups is 1. The maximum atomic E-state index is 11.9. The lowest BCUT2D eigenvalue weighted by Gasteiger charge is -2.26. The minimum absolute atomic E-state index is 0.126. The molecule has 5 heteroatoms. The van der Waals surface area contributed by atoms with E-state index in [1.54, 1.807) is 0 Å². The molecule has 0 aliphatic heterocycles. The Kier molecular flexibility index (Phi) is 6.21. The molecule has 0 unspecified atom stereocenters. The van der Waals surface area contributed by atoms with Gasteiger partial charge in [0, 0.05) is 19.1 Å². The number of urea groups is 1. The molecule has 122 valence electrons. The fourth-order valence-electron chi connectivity index (χ4n) is 2.84. The molecule has 1 aliphatic carbocycles. The number of rotatable bonds is 5. The van der Waals surface area contributed by atoms with E-state index in [1.807, 2.05) is 26.2 Å².